The van der Waals surface area contributed by atoms with E-state index in [0.29, 0.717) is 41.6 Å². The Labute approximate surface area is 214 Å². The summed E-state index contributed by atoms with van der Waals surface area (Å²) >= 11 is 6.16. The third-order valence-electron chi connectivity index (χ3n) is 5.35. The largest absolute Gasteiger partial charge is 0.492 e. The lowest BCUT2D eigenvalue weighted by Crippen LogP contribution is -2.25. The molecule has 0 saturated carbocycles. The molecular formula is C27H28ClN3O5. The minimum Gasteiger partial charge on any atom is -0.492 e. The highest BCUT2D eigenvalue weighted by atomic mass is 35.5. The van der Waals surface area contributed by atoms with Crippen molar-refractivity contribution in [2.45, 2.75) is 19.4 Å². The van der Waals surface area contributed by atoms with Gasteiger partial charge in [-0.15, -0.1) is 0 Å². The molecule has 188 valence electrons. The minimum absolute atomic E-state index is 0.318. The number of nitrogens with one attached hydrogen (secondary N) is 3. The van der Waals surface area contributed by atoms with E-state index in [1.807, 2.05) is 31.2 Å². The number of esters is 1. The Hall–Kier alpha value is -3.88. The summed E-state index contributed by atoms with van der Waals surface area (Å²) in [4.78, 5) is 35.4. The van der Waals surface area contributed by atoms with Crippen LogP contribution in [0.4, 0.5) is 16.2 Å². The van der Waals surface area contributed by atoms with E-state index in [1.165, 1.54) is 13.2 Å². The van der Waals surface area contributed by atoms with Gasteiger partial charge in [0.1, 0.15) is 12.0 Å². The second kappa shape index (κ2) is 13.3. The van der Waals surface area contributed by atoms with Crippen LogP contribution in [0.3, 0.4) is 0 Å². The van der Waals surface area contributed by atoms with E-state index in [0.717, 1.165) is 23.1 Å². The fraction of sp³-hybridized carbons (Fsp3) is 0.222. The summed E-state index contributed by atoms with van der Waals surface area (Å²) in [5.74, 6) is -0.00675. The molecule has 0 spiro atoms. The molecule has 9 heteroatoms. The highest BCUT2D eigenvalue weighted by molar-refractivity contribution is 6.32. The van der Waals surface area contributed by atoms with Gasteiger partial charge >= 0.3 is 12.0 Å². The molecule has 3 rings (SSSR count). The number of methoxy groups -OCH3 is 1. The average molecular weight is 510 g/mol. The molecule has 0 aliphatic carbocycles. The zero-order valence-electron chi connectivity index (χ0n) is 20.0. The van der Waals surface area contributed by atoms with Crippen LogP contribution in [0.2, 0.25) is 5.02 Å². The van der Waals surface area contributed by atoms with Crippen LogP contribution in [-0.2, 0) is 9.53 Å². The van der Waals surface area contributed by atoms with E-state index < -0.39 is 12.0 Å². The minimum atomic E-state index is -0.497. The molecule has 0 aromatic heterocycles. The molecule has 0 radical (unpaired) electrons. The molecule has 0 bridgehead atoms. The normalized spacial score (nSPS) is 11.3. The molecule has 1 atom stereocenters. The van der Waals surface area contributed by atoms with Crippen LogP contribution >= 0.6 is 11.6 Å². The number of amides is 2. The number of halogens is 1. The predicted octanol–water partition coefficient (Wildman–Crippen LogP) is 5.38. The number of aldehydes is 1. The Balaban J connectivity index is 1.44. The van der Waals surface area contributed by atoms with Crippen molar-refractivity contribution in [2.24, 2.45) is 0 Å². The van der Waals surface area contributed by atoms with Gasteiger partial charge in [-0.2, -0.15) is 0 Å². The van der Waals surface area contributed by atoms with Gasteiger partial charge in [0.15, 0.2) is 0 Å². The average Bonchev–Trinajstić information content (AvgIpc) is 2.88. The van der Waals surface area contributed by atoms with Crippen molar-refractivity contribution in [3.05, 3.63) is 88.4 Å². The van der Waals surface area contributed by atoms with E-state index in [1.54, 1.807) is 36.4 Å². The van der Waals surface area contributed by atoms with Gasteiger partial charge in [-0.05, 0) is 67.4 Å². The van der Waals surface area contributed by atoms with Crippen LogP contribution in [0.15, 0.2) is 66.7 Å². The van der Waals surface area contributed by atoms with Crippen LogP contribution < -0.4 is 20.7 Å². The van der Waals surface area contributed by atoms with Gasteiger partial charge in [-0.3, -0.25) is 0 Å². The lowest BCUT2D eigenvalue weighted by molar-refractivity contribution is -0.109. The number of hydrogen-bond donors (Lipinski definition) is 3. The smallest absolute Gasteiger partial charge is 0.337 e. The van der Waals surface area contributed by atoms with Crippen molar-refractivity contribution in [2.75, 3.05) is 30.9 Å². The highest BCUT2D eigenvalue weighted by Crippen LogP contribution is 2.26. The van der Waals surface area contributed by atoms with Crippen molar-refractivity contribution in [3.8, 4) is 5.75 Å². The van der Waals surface area contributed by atoms with E-state index in [2.05, 4.69) is 20.7 Å². The number of para-hydroxylation sites is 1. The first-order valence-electron chi connectivity index (χ1n) is 11.3. The Bertz CT molecular complexity index is 1200. The van der Waals surface area contributed by atoms with Gasteiger partial charge < -0.3 is 30.2 Å². The topological polar surface area (TPSA) is 106 Å². The number of carbonyl (C=O) groups is 3. The number of benzene rings is 3. The maximum absolute atomic E-state index is 12.3. The number of ether oxygens (including phenoxy) is 2. The summed E-state index contributed by atoms with van der Waals surface area (Å²) in [6.45, 7) is 2.82. The van der Waals surface area contributed by atoms with Gasteiger partial charge in [0, 0.05) is 11.4 Å². The van der Waals surface area contributed by atoms with E-state index >= 15 is 0 Å². The second-order valence-corrected chi connectivity index (χ2v) is 8.33. The van der Waals surface area contributed by atoms with Gasteiger partial charge in [-0.25, -0.2) is 9.59 Å². The van der Waals surface area contributed by atoms with Crippen molar-refractivity contribution in [3.63, 3.8) is 0 Å². The molecule has 3 aromatic rings. The van der Waals surface area contributed by atoms with Crippen molar-refractivity contribution < 1.29 is 23.9 Å². The number of anilines is 2. The predicted molar refractivity (Wildman–Crippen MR) is 140 cm³/mol. The maximum Gasteiger partial charge on any atom is 0.337 e. The number of hydrogen-bond acceptors (Lipinski definition) is 6. The highest BCUT2D eigenvalue weighted by Gasteiger charge is 2.12. The molecule has 0 aliphatic rings. The zero-order chi connectivity index (χ0) is 25.9. The lowest BCUT2D eigenvalue weighted by Gasteiger charge is -2.15. The van der Waals surface area contributed by atoms with Crippen LogP contribution in [0.25, 0.3) is 0 Å². The van der Waals surface area contributed by atoms with Crippen molar-refractivity contribution in [1.29, 1.82) is 0 Å². The monoisotopic (exact) mass is 509 g/mol. The molecule has 3 aromatic carbocycles. The molecule has 1 unspecified atom stereocenters. The van der Waals surface area contributed by atoms with E-state index in [9.17, 15) is 14.4 Å². The summed E-state index contributed by atoms with van der Waals surface area (Å²) < 4.78 is 10.3. The molecule has 0 saturated heterocycles. The van der Waals surface area contributed by atoms with Gasteiger partial charge in [0.2, 0.25) is 0 Å². The Morgan fingerprint density at radius 2 is 1.78 bits per heavy atom. The van der Waals surface area contributed by atoms with Crippen LogP contribution in [0.1, 0.15) is 33.9 Å². The summed E-state index contributed by atoms with van der Waals surface area (Å²) in [5.41, 5.74) is 3.43. The summed E-state index contributed by atoms with van der Waals surface area (Å²) in [6, 6.07) is 18.4. The van der Waals surface area contributed by atoms with Crippen LogP contribution in [-0.4, -0.2) is 38.5 Å². The van der Waals surface area contributed by atoms with E-state index in [-0.39, 0.29) is 6.03 Å². The van der Waals surface area contributed by atoms with E-state index in [4.69, 9.17) is 16.3 Å². The standard InChI is InChI=1S/C27H28ClN3O5/c1-18-6-3-4-7-23(18)31-27(34)30-21-11-8-19(9-12-21)24(17-32)29-14-5-15-36-25-13-10-20(16-22(25)28)26(33)35-2/h3-4,6-13,16-17,24,29H,5,14-15H2,1-2H3,(H2,30,31,34). The van der Waals surface area contributed by atoms with Crippen molar-refractivity contribution in [1.82, 2.24) is 5.32 Å². The quantitative estimate of drug-likeness (QED) is 0.182. The zero-order valence-corrected chi connectivity index (χ0v) is 20.8. The third-order valence-corrected chi connectivity index (χ3v) is 5.65. The summed E-state index contributed by atoms with van der Waals surface area (Å²) in [5, 5.41) is 9.09. The SMILES string of the molecule is COC(=O)c1ccc(OCCCNC(C=O)c2ccc(NC(=O)Nc3ccccc3C)cc2)c(Cl)c1. The first-order chi connectivity index (χ1) is 17.4. The molecule has 0 fully saturated rings. The summed E-state index contributed by atoms with van der Waals surface area (Å²) in [7, 11) is 1.30. The third kappa shape index (κ3) is 7.56. The molecular weight excluding hydrogens is 482 g/mol. The molecule has 8 nitrogen and oxygen atoms in total. The fourth-order valence-electron chi connectivity index (χ4n) is 3.39. The molecule has 0 heterocycles. The summed E-state index contributed by atoms with van der Waals surface area (Å²) in [6.07, 6.45) is 1.45. The number of aryl methyl sites for hydroxylation is 1. The second-order valence-electron chi connectivity index (χ2n) is 7.92. The fourth-order valence-corrected chi connectivity index (χ4v) is 3.63. The lowest BCUT2D eigenvalue weighted by atomic mass is 10.1. The molecule has 0 aliphatic heterocycles. The number of urea groups is 1. The van der Waals surface area contributed by atoms with Gasteiger partial charge in [0.25, 0.3) is 0 Å². The van der Waals surface area contributed by atoms with Gasteiger partial charge in [0.05, 0.1) is 30.3 Å². The molecule has 36 heavy (non-hydrogen) atoms. The first kappa shape index (κ1) is 26.7. The van der Waals surface area contributed by atoms with Crippen LogP contribution in [0.5, 0.6) is 5.75 Å². The Morgan fingerprint density at radius 1 is 1.03 bits per heavy atom. The first-order valence-corrected chi connectivity index (χ1v) is 11.7. The van der Waals surface area contributed by atoms with Crippen LogP contribution in [0, 0.1) is 6.92 Å². The van der Waals surface area contributed by atoms with Gasteiger partial charge in [-0.1, -0.05) is 41.9 Å². The number of carbonyl (C=O) groups excluding carboxylic acids is 3. The maximum atomic E-state index is 12.3. The Morgan fingerprint density at radius 3 is 2.44 bits per heavy atom. The Kier molecular flexibility index (Phi) is 9.85. The molecule has 2 amide bonds. The number of rotatable bonds is 11. The molecule has 3 N–H and O–H groups in total. The van der Waals surface area contributed by atoms with Crippen molar-refractivity contribution >= 4 is 41.3 Å².